The Bertz CT molecular complexity index is 1160. The molecular weight excluding hydrogens is 549 g/mol. The molecule has 0 saturated heterocycles. The highest BCUT2D eigenvalue weighted by atomic mass is 35.5. The van der Waals surface area contributed by atoms with Crippen LogP contribution in [0, 0.1) is 12.3 Å². The zero-order valence-electron chi connectivity index (χ0n) is 22.0. The van der Waals surface area contributed by atoms with Crippen molar-refractivity contribution >= 4 is 26.1 Å². The fourth-order valence-electron chi connectivity index (χ4n) is 3.80. The van der Waals surface area contributed by atoms with Gasteiger partial charge in [0.1, 0.15) is 24.4 Å². The Hall–Kier alpha value is -2.71. The van der Waals surface area contributed by atoms with Crippen LogP contribution in [0.5, 0.6) is 5.75 Å². The molecule has 1 fully saturated rings. The quantitative estimate of drug-likeness (QED) is 0.184. The summed E-state index contributed by atoms with van der Waals surface area (Å²) in [6.45, 7) is -0.0378. The molecule has 39 heavy (non-hydrogen) atoms. The Kier molecular flexibility index (Phi) is 14.8. The van der Waals surface area contributed by atoms with Crippen LogP contribution in [0.25, 0.3) is 0 Å². The number of carbonyl (C=O) groups excluding carboxylic acids is 1. The highest BCUT2D eigenvalue weighted by Crippen LogP contribution is 2.36. The van der Waals surface area contributed by atoms with Crippen molar-refractivity contribution < 1.29 is 28.4 Å². The van der Waals surface area contributed by atoms with Gasteiger partial charge in [0, 0.05) is 37.9 Å². The van der Waals surface area contributed by atoms with Crippen LogP contribution in [0.4, 0.5) is 0 Å². The van der Waals surface area contributed by atoms with Crippen LogP contribution >= 0.6 is 20.1 Å². The summed E-state index contributed by atoms with van der Waals surface area (Å²) in [5.41, 5.74) is -1.13. The lowest BCUT2D eigenvalue weighted by Crippen LogP contribution is -2.33. The van der Waals surface area contributed by atoms with E-state index in [1.54, 1.807) is 24.3 Å². The standard InChI is InChI=1S/C25H31ClN3O7P.CH4O/c1-3-19(29-14-13-23(30)28-25(29)32)15-22(33-2)17-34-37(36-21-11-9-18(26)10-12-21)27-16-24(31)35-20-7-5-4-6-8-20;1-2/h1,9-14,19-20,22,27H,4-8,15-17H2,2H3,(H,28,30,32);2H,1H3. The molecule has 0 aliphatic heterocycles. The first kappa shape index (κ1) is 32.5. The van der Waals surface area contributed by atoms with Gasteiger partial charge in [-0.25, -0.2) is 9.88 Å². The van der Waals surface area contributed by atoms with Gasteiger partial charge in [-0.15, -0.1) is 6.42 Å². The molecule has 1 aliphatic carbocycles. The second kappa shape index (κ2) is 17.8. The summed E-state index contributed by atoms with van der Waals surface area (Å²) >= 11 is 5.96. The van der Waals surface area contributed by atoms with Crippen LogP contribution in [-0.2, 0) is 18.8 Å². The molecule has 214 valence electrons. The van der Waals surface area contributed by atoms with Crippen molar-refractivity contribution in [3.63, 3.8) is 0 Å². The van der Waals surface area contributed by atoms with E-state index >= 15 is 0 Å². The number of carbonyl (C=O) groups is 1. The number of nitrogens with one attached hydrogen (secondary N) is 2. The van der Waals surface area contributed by atoms with E-state index in [1.807, 2.05) is 0 Å². The first-order valence-corrected chi connectivity index (χ1v) is 14.0. The molecule has 0 bridgehead atoms. The van der Waals surface area contributed by atoms with E-state index < -0.39 is 31.9 Å². The highest BCUT2D eigenvalue weighted by molar-refractivity contribution is 7.45. The largest absolute Gasteiger partial charge is 0.461 e. The van der Waals surface area contributed by atoms with Crippen molar-refractivity contribution in [1.82, 2.24) is 14.6 Å². The average Bonchev–Trinajstić information content (AvgIpc) is 2.95. The minimum Gasteiger partial charge on any atom is -0.461 e. The fourth-order valence-corrected chi connectivity index (χ4v) is 5.01. The molecule has 1 saturated carbocycles. The molecular formula is C26H35ClN3O8P. The number of aliphatic hydroxyl groups is 1. The average molecular weight is 584 g/mol. The topological polar surface area (TPSA) is 141 Å². The van der Waals surface area contributed by atoms with E-state index in [0.717, 1.165) is 32.8 Å². The number of ether oxygens (including phenoxy) is 2. The van der Waals surface area contributed by atoms with Gasteiger partial charge < -0.3 is 23.6 Å². The normalized spacial score (nSPS) is 15.7. The molecule has 1 aromatic heterocycles. The van der Waals surface area contributed by atoms with E-state index in [2.05, 4.69) is 16.0 Å². The Morgan fingerprint density at radius 1 is 1.23 bits per heavy atom. The highest BCUT2D eigenvalue weighted by Gasteiger charge is 2.23. The van der Waals surface area contributed by atoms with Crippen molar-refractivity contribution in [2.75, 3.05) is 27.4 Å². The maximum absolute atomic E-state index is 12.4. The van der Waals surface area contributed by atoms with E-state index in [4.69, 9.17) is 41.7 Å². The van der Waals surface area contributed by atoms with E-state index in [1.165, 1.54) is 30.4 Å². The Labute approximate surface area is 233 Å². The molecule has 3 N–H and O–H groups in total. The van der Waals surface area contributed by atoms with Crippen molar-refractivity contribution in [2.45, 2.75) is 56.8 Å². The zero-order valence-corrected chi connectivity index (χ0v) is 23.7. The smallest absolute Gasteiger partial charge is 0.329 e. The zero-order chi connectivity index (χ0) is 28.6. The fraction of sp³-hybridized carbons (Fsp3) is 0.500. The van der Waals surface area contributed by atoms with Crippen LogP contribution in [0.2, 0.25) is 5.02 Å². The summed E-state index contributed by atoms with van der Waals surface area (Å²) in [7, 11) is 0.718. The van der Waals surface area contributed by atoms with Gasteiger partial charge in [-0.2, -0.15) is 0 Å². The molecule has 3 unspecified atom stereocenters. The number of terminal acetylenes is 1. The first-order chi connectivity index (χ1) is 18.9. The first-order valence-electron chi connectivity index (χ1n) is 12.4. The molecule has 0 amide bonds. The SMILES string of the molecule is C#CC(CC(COP(NCC(=O)OC1CCCCC1)Oc1ccc(Cl)cc1)OC)n1ccc(=O)[nH]c1=O.CO. The minimum absolute atomic E-state index is 0.0523. The molecule has 11 nitrogen and oxygen atoms in total. The summed E-state index contributed by atoms with van der Waals surface area (Å²) in [6, 6.07) is 7.28. The van der Waals surface area contributed by atoms with Crippen molar-refractivity contribution in [2.24, 2.45) is 0 Å². The van der Waals surface area contributed by atoms with Gasteiger partial charge in [-0.3, -0.25) is 19.1 Å². The summed E-state index contributed by atoms with van der Waals surface area (Å²) in [5, 5.41) is 10.5. The lowest BCUT2D eigenvalue weighted by molar-refractivity contribution is -0.149. The number of esters is 1. The molecule has 0 radical (unpaired) electrons. The van der Waals surface area contributed by atoms with E-state index in [0.29, 0.717) is 10.8 Å². The van der Waals surface area contributed by atoms with Crippen LogP contribution in [0.3, 0.4) is 0 Å². The number of halogens is 1. The van der Waals surface area contributed by atoms with Gasteiger partial charge in [-0.05, 0) is 49.9 Å². The monoisotopic (exact) mass is 583 g/mol. The van der Waals surface area contributed by atoms with Crippen LogP contribution < -0.4 is 20.9 Å². The van der Waals surface area contributed by atoms with Gasteiger partial charge in [0.05, 0.1) is 12.7 Å². The maximum Gasteiger partial charge on any atom is 0.329 e. The van der Waals surface area contributed by atoms with Gasteiger partial charge in [-0.1, -0.05) is 23.9 Å². The molecule has 2 aromatic rings. The van der Waals surface area contributed by atoms with Gasteiger partial charge >= 0.3 is 20.2 Å². The molecule has 3 rings (SSSR count). The molecule has 1 aromatic carbocycles. The predicted octanol–water partition coefficient (Wildman–Crippen LogP) is 3.17. The van der Waals surface area contributed by atoms with Crippen molar-refractivity contribution in [3.05, 3.63) is 62.4 Å². The van der Waals surface area contributed by atoms with Crippen LogP contribution in [0.1, 0.15) is 44.6 Å². The third-order valence-corrected chi connectivity index (χ3v) is 7.21. The van der Waals surface area contributed by atoms with Crippen LogP contribution in [-0.4, -0.2) is 60.2 Å². The van der Waals surface area contributed by atoms with E-state index in [-0.39, 0.29) is 31.6 Å². The Balaban J connectivity index is 0.00000260. The molecule has 0 spiro atoms. The molecule has 13 heteroatoms. The number of H-pyrrole nitrogens is 1. The number of aromatic amines is 1. The number of aliphatic hydroxyl groups excluding tert-OH is 1. The summed E-state index contributed by atoms with van der Waals surface area (Å²) in [4.78, 5) is 38.1. The predicted molar refractivity (Wildman–Crippen MR) is 149 cm³/mol. The number of nitrogens with zero attached hydrogens (tertiary/aromatic N) is 1. The molecule has 3 atom stereocenters. The Morgan fingerprint density at radius 2 is 1.92 bits per heavy atom. The number of aromatic nitrogens is 2. The Morgan fingerprint density at radius 3 is 2.54 bits per heavy atom. The second-order valence-electron chi connectivity index (χ2n) is 8.48. The number of hydrogen-bond donors (Lipinski definition) is 3. The van der Waals surface area contributed by atoms with Crippen LogP contribution in [0.15, 0.2) is 46.1 Å². The number of methoxy groups -OCH3 is 1. The van der Waals surface area contributed by atoms with Crippen molar-refractivity contribution in [3.8, 4) is 18.1 Å². The molecule has 1 heterocycles. The minimum atomic E-state index is -1.78. The van der Waals surface area contributed by atoms with Gasteiger partial charge in [0.25, 0.3) is 5.56 Å². The third-order valence-electron chi connectivity index (χ3n) is 5.78. The lowest BCUT2D eigenvalue weighted by Gasteiger charge is -2.24. The lowest BCUT2D eigenvalue weighted by atomic mass is 9.98. The molecule has 1 aliphatic rings. The number of benzene rings is 1. The van der Waals surface area contributed by atoms with Crippen molar-refractivity contribution in [1.29, 1.82) is 0 Å². The summed E-state index contributed by atoms with van der Waals surface area (Å²) in [6.07, 6.45) is 11.7. The van der Waals surface area contributed by atoms with Gasteiger partial charge in [0.15, 0.2) is 0 Å². The third kappa shape index (κ3) is 11.5. The summed E-state index contributed by atoms with van der Waals surface area (Å²) in [5.74, 6) is 2.67. The van der Waals surface area contributed by atoms with Gasteiger partial charge in [0.2, 0.25) is 0 Å². The maximum atomic E-state index is 12.4. The second-order valence-corrected chi connectivity index (χ2v) is 10.2. The number of hydrogen-bond acceptors (Lipinski definition) is 9. The van der Waals surface area contributed by atoms with E-state index in [9.17, 15) is 14.4 Å². The summed E-state index contributed by atoms with van der Waals surface area (Å²) < 4.78 is 24.2. The number of rotatable bonds is 13.